The molecule has 0 spiro atoms. The molecule has 0 aliphatic rings. The van der Waals surface area contributed by atoms with E-state index in [0.717, 1.165) is 12.3 Å². The van der Waals surface area contributed by atoms with Gasteiger partial charge in [-0.25, -0.2) is 13.2 Å². The van der Waals surface area contributed by atoms with Crippen molar-refractivity contribution in [2.75, 3.05) is 0 Å². The summed E-state index contributed by atoms with van der Waals surface area (Å²) in [5, 5.41) is 3.00. The van der Waals surface area contributed by atoms with Crippen LogP contribution in [0.2, 0.25) is 0 Å². The molecular formula is C7H4BrF3N2. The lowest BCUT2D eigenvalue weighted by atomic mass is 10.2. The number of hydrogen-bond donors (Lipinski definition) is 1. The van der Waals surface area contributed by atoms with Gasteiger partial charge in [0, 0.05) is 5.56 Å². The molecule has 2 N–H and O–H groups in total. The fourth-order valence-corrected chi connectivity index (χ4v) is 1.19. The average molecular weight is 253 g/mol. The van der Waals surface area contributed by atoms with E-state index in [1.165, 1.54) is 0 Å². The zero-order valence-corrected chi connectivity index (χ0v) is 7.78. The average Bonchev–Trinajstić information content (AvgIpc) is 2.11. The van der Waals surface area contributed by atoms with Gasteiger partial charge in [0.1, 0.15) is 0 Å². The lowest BCUT2D eigenvalue weighted by Gasteiger charge is -2.01. The van der Waals surface area contributed by atoms with Crippen LogP contribution in [-0.4, -0.2) is 6.21 Å². The summed E-state index contributed by atoms with van der Waals surface area (Å²) >= 11 is 2.72. The minimum Gasteiger partial charge on any atom is -0.323 e. The van der Waals surface area contributed by atoms with Crippen molar-refractivity contribution in [3.63, 3.8) is 0 Å². The minimum absolute atomic E-state index is 0.179. The summed E-state index contributed by atoms with van der Waals surface area (Å²) in [7, 11) is 0. The molecule has 1 rings (SSSR count). The molecule has 0 radical (unpaired) electrons. The van der Waals surface area contributed by atoms with Gasteiger partial charge in [0.05, 0.1) is 10.7 Å². The molecule has 0 aliphatic carbocycles. The van der Waals surface area contributed by atoms with Gasteiger partial charge in [0.25, 0.3) is 0 Å². The molecule has 1 aromatic rings. The van der Waals surface area contributed by atoms with Crippen molar-refractivity contribution in [1.29, 1.82) is 0 Å². The van der Waals surface area contributed by atoms with Crippen molar-refractivity contribution < 1.29 is 13.2 Å². The maximum absolute atomic E-state index is 12.8. The van der Waals surface area contributed by atoms with Crippen LogP contribution >= 0.6 is 15.9 Å². The molecule has 0 amide bonds. The van der Waals surface area contributed by atoms with Crippen LogP contribution < -0.4 is 5.84 Å². The molecule has 0 unspecified atom stereocenters. The monoisotopic (exact) mass is 252 g/mol. The highest BCUT2D eigenvalue weighted by Crippen LogP contribution is 2.22. The zero-order valence-electron chi connectivity index (χ0n) is 6.19. The summed E-state index contributed by atoms with van der Waals surface area (Å²) in [4.78, 5) is 0. The third-order valence-electron chi connectivity index (χ3n) is 1.34. The highest BCUT2D eigenvalue weighted by Gasteiger charge is 2.15. The highest BCUT2D eigenvalue weighted by atomic mass is 79.9. The Hall–Kier alpha value is -1.04. The highest BCUT2D eigenvalue weighted by molar-refractivity contribution is 9.10. The zero-order chi connectivity index (χ0) is 10.0. The number of hydrazone groups is 1. The minimum atomic E-state index is -1.55. The molecule has 0 saturated heterocycles. The molecular weight excluding hydrogens is 249 g/mol. The first-order valence-corrected chi connectivity index (χ1v) is 3.93. The first-order chi connectivity index (χ1) is 6.07. The second-order valence-electron chi connectivity index (χ2n) is 2.17. The van der Waals surface area contributed by atoms with Crippen molar-refractivity contribution >= 4 is 22.1 Å². The number of benzene rings is 1. The number of nitrogens with two attached hydrogens (primary N) is 1. The van der Waals surface area contributed by atoms with E-state index < -0.39 is 17.5 Å². The summed E-state index contributed by atoms with van der Waals surface area (Å²) in [6.45, 7) is 0. The second kappa shape index (κ2) is 3.78. The molecule has 6 heteroatoms. The number of rotatable bonds is 1. The Morgan fingerprint density at radius 2 is 1.85 bits per heavy atom. The quantitative estimate of drug-likeness (QED) is 0.269. The van der Waals surface area contributed by atoms with Gasteiger partial charge >= 0.3 is 0 Å². The largest absolute Gasteiger partial charge is 0.323 e. The number of halogens is 4. The summed E-state index contributed by atoms with van der Waals surface area (Å²) in [5.41, 5.74) is -0.215. The Morgan fingerprint density at radius 1 is 1.23 bits per heavy atom. The Balaban J connectivity index is 3.40. The van der Waals surface area contributed by atoms with Gasteiger partial charge in [-0.15, -0.1) is 0 Å². The molecule has 13 heavy (non-hydrogen) atoms. The molecule has 0 bridgehead atoms. The van der Waals surface area contributed by atoms with Crippen molar-refractivity contribution in [3.05, 3.63) is 33.6 Å². The van der Waals surface area contributed by atoms with Crippen molar-refractivity contribution in [2.24, 2.45) is 10.9 Å². The summed E-state index contributed by atoms with van der Waals surface area (Å²) in [6.07, 6.45) is 0.891. The van der Waals surface area contributed by atoms with Crippen LogP contribution in [0.25, 0.3) is 0 Å². The van der Waals surface area contributed by atoms with E-state index >= 15 is 0 Å². The van der Waals surface area contributed by atoms with Gasteiger partial charge in [-0.05, 0) is 22.0 Å². The summed E-state index contributed by atoms with van der Waals surface area (Å²) < 4.78 is 38.0. The topological polar surface area (TPSA) is 38.4 Å². The second-order valence-corrected chi connectivity index (χ2v) is 3.02. The summed E-state index contributed by atoms with van der Waals surface area (Å²) in [6, 6.07) is 1.05. The lowest BCUT2D eigenvalue weighted by molar-refractivity contribution is 0.443. The molecule has 0 heterocycles. The van der Waals surface area contributed by atoms with E-state index in [1.54, 1.807) is 0 Å². The molecule has 0 aliphatic heterocycles. The van der Waals surface area contributed by atoms with Crippen LogP contribution in [0.5, 0.6) is 0 Å². The maximum Gasteiger partial charge on any atom is 0.196 e. The standard InChI is InChI=1S/C7H4BrF3N2/c8-4-1-3(2-13-12)5(9)7(11)6(4)10/h1-2H,12H2/b13-2+. The van der Waals surface area contributed by atoms with Crippen LogP contribution in [-0.2, 0) is 0 Å². The van der Waals surface area contributed by atoms with Crippen LogP contribution in [0.1, 0.15) is 5.56 Å². The third-order valence-corrected chi connectivity index (χ3v) is 1.92. The maximum atomic E-state index is 12.8. The summed E-state index contributed by atoms with van der Waals surface area (Å²) in [5.74, 6) is 0.605. The Morgan fingerprint density at radius 3 is 2.38 bits per heavy atom. The van der Waals surface area contributed by atoms with E-state index in [0.29, 0.717) is 0 Å². The third kappa shape index (κ3) is 1.82. The van der Waals surface area contributed by atoms with E-state index in [9.17, 15) is 13.2 Å². The Labute approximate surface area is 80.4 Å². The predicted octanol–water partition coefficient (Wildman–Crippen LogP) is 2.16. The Kier molecular flexibility index (Phi) is 2.92. The van der Waals surface area contributed by atoms with Crippen LogP contribution in [0.4, 0.5) is 13.2 Å². The van der Waals surface area contributed by atoms with E-state index in [2.05, 4.69) is 21.0 Å². The van der Waals surface area contributed by atoms with Gasteiger partial charge in [0.15, 0.2) is 17.5 Å². The van der Waals surface area contributed by atoms with Crippen molar-refractivity contribution in [3.8, 4) is 0 Å². The van der Waals surface area contributed by atoms with Crippen molar-refractivity contribution in [2.45, 2.75) is 0 Å². The van der Waals surface area contributed by atoms with Gasteiger partial charge in [0.2, 0.25) is 0 Å². The van der Waals surface area contributed by atoms with E-state index in [-0.39, 0.29) is 10.0 Å². The number of hydrogen-bond acceptors (Lipinski definition) is 2. The van der Waals surface area contributed by atoms with Crippen LogP contribution in [0.3, 0.4) is 0 Å². The van der Waals surface area contributed by atoms with Gasteiger partial charge in [-0.2, -0.15) is 5.10 Å². The van der Waals surface area contributed by atoms with Crippen LogP contribution in [0.15, 0.2) is 15.6 Å². The molecule has 0 atom stereocenters. The van der Waals surface area contributed by atoms with Crippen molar-refractivity contribution in [1.82, 2.24) is 0 Å². The number of nitrogens with zero attached hydrogens (tertiary/aromatic N) is 1. The lowest BCUT2D eigenvalue weighted by Crippen LogP contribution is -1.99. The predicted molar refractivity (Wildman–Crippen MR) is 45.8 cm³/mol. The van der Waals surface area contributed by atoms with Crippen LogP contribution in [0, 0.1) is 17.5 Å². The normalized spacial score (nSPS) is 11.1. The molecule has 0 fully saturated rings. The fraction of sp³-hybridized carbons (Fsp3) is 0. The van der Waals surface area contributed by atoms with Gasteiger partial charge in [-0.3, -0.25) is 0 Å². The van der Waals surface area contributed by atoms with E-state index in [4.69, 9.17) is 5.84 Å². The SMILES string of the molecule is N/N=C/c1cc(Br)c(F)c(F)c1F. The molecule has 2 nitrogen and oxygen atoms in total. The molecule has 0 saturated carbocycles. The Bertz CT molecular complexity index is 365. The molecule has 0 aromatic heterocycles. The van der Waals surface area contributed by atoms with Gasteiger partial charge in [-0.1, -0.05) is 0 Å². The first-order valence-electron chi connectivity index (χ1n) is 3.14. The van der Waals surface area contributed by atoms with Gasteiger partial charge < -0.3 is 5.84 Å². The first kappa shape index (κ1) is 10.0. The fourth-order valence-electron chi connectivity index (χ4n) is 0.765. The smallest absolute Gasteiger partial charge is 0.196 e. The molecule has 70 valence electrons. The molecule has 1 aromatic carbocycles. The van der Waals surface area contributed by atoms with E-state index in [1.807, 2.05) is 0 Å².